The molecule has 0 fully saturated rings. The SMILES string of the molecule is Cc1sc2cc(/C=C/c3ccccc3)ccc2c1C1=C(c2c(C)sc3cc(/C=C/c4ccccc4)ccc23)CCC1. The van der Waals surface area contributed by atoms with E-state index in [0.29, 0.717) is 0 Å². The van der Waals surface area contributed by atoms with Gasteiger partial charge in [-0.3, -0.25) is 0 Å². The predicted molar refractivity (Wildman–Crippen MR) is 185 cm³/mol. The molecule has 0 amide bonds. The quantitative estimate of drug-likeness (QED) is 0.177. The van der Waals surface area contributed by atoms with Crippen LogP contribution in [0.5, 0.6) is 0 Å². The maximum Gasteiger partial charge on any atom is 0.0357 e. The van der Waals surface area contributed by atoms with E-state index in [2.05, 4.69) is 135 Å². The smallest absolute Gasteiger partial charge is 0.0357 e. The second-order valence-corrected chi connectivity index (χ2v) is 13.4. The number of rotatable bonds is 6. The van der Waals surface area contributed by atoms with E-state index in [-0.39, 0.29) is 0 Å². The highest BCUT2D eigenvalue weighted by Crippen LogP contribution is 2.49. The first-order chi connectivity index (χ1) is 20.1. The number of thiophene rings is 2. The van der Waals surface area contributed by atoms with Gasteiger partial charge in [-0.1, -0.05) is 109 Å². The Balaban J connectivity index is 1.26. The van der Waals surface area contributed by atoms with E-state index < -0.39 is 0 Å². The molecule has 200 valence electrons. The van der Waals surface area contributed by atoms with Gasteiger partial charge < -0.3 is 0 Å². The van der Waals surface area contributed by atoms with Gasteiger partial charge in [0.1, 0.15) is 0 Å². The van der Waals surface area contributed by atoms with Crippen LogP contribution in [-0.4, -0.2) is 0 Å². The summed E-state index contributed by atoms with van der Waals surface area (Å²) in [6.07, 6.45) is 12.4. The molecule has 2 heterocycles. The standard InChI is InChI=1S/C39H32S2/c1-26-38(34-22-20-30(24-36(34)40-26)18-16-28-10-5-3-6-11-28)32-14-9-15-33(32)39-27(2)41-37-25-31(21-23-35(37)39)19-17-29-12-7-4-8-13-29/h3-8,10-13,16-25H,9,14-15H2,1-2H3/b18-16+,19-17+. The van der Waals surface area contributed by atoms with Gasteiger partial charge in [-0.2, -0.15) is 0 Å². The van der Waals surface area contributed by atoms with Gasteiger partial charge in [0, 0.05) is 29.9 Å². The number of hydrogen-bond donors (Lipinski definition) is 0. The molecule has 41 heavy (non-hydrogen) atoms. The zero-order valence-electron chi connectivity index (χ0n) is 23.5. The van der Waals surface area contributed by atoms with Crippen LogP contribution in [0.2, 0.25) is 0 Å². The van der Waals surface area contributed by atoms with Crippen molar-refractivity contribution in [3.8, 4) is 0 Å². The summed E-state index contributed by atoms with van der Waals surface area (Å²) in [6.45, 7) is 4.62. The maximum atomic E-state index is 2.36. The highest BCUT2D eigenvalue weighted by Gasteiger charge is 2.25. The van der Waals surface area contributed by atoms with Crippen LogP contribution in [0, 0.1) is 13.8 Å². The van der Waals surface area contributed by atoms with Crippen molar-refractivity contribution in [2.45, 2.75) is 33.1 Å². The van der Waals surface area contributed by atoms with Gasteiger partial charge in [0.25, 0.3) is 0 Å². The van der Waals surface area contributed by atoms with Crippen molar-refractivity contribution in [3.05, 3.63) is 140 Å². The summed E-state index contributed by atoms with van der Waals surface area (Å²) in [5, 5.41) is 2.81. The van der Waals surface area contributed by atoms with Crippen LogP contribution in [0.15, 0.2) is 97.1 Å². The Morgan fingerprint density at radius 1 is 0.488 bits per heavy atom. The average molecular weight is 565 g/mol. The number of benzene rings is 4. The van der Waals surface area contributed by atoms with Gasteiger partial charge in [0.2, 0.25) is 0 Å². The van der Waals surface area contributed by atoms with Crippen molar-refractivity contribution in [2.24, 2.45) is 0 Å². The molecule has 2 aromatic heterocycles. The number of hydrogen-bond acceptors (Lipinski definition) is 2. The Morgan fingerprint density at radius 2 is 0.902 bits per heavy atom. The third kappa shape index (κ3) is 5.14. The van der Waals surface area contributed by atoms with E-state index in [0.717, 1.165) is 12.8 Å². The largest absolute Gasteiger partial charge is 0.140 e. The van der Waals surface area contributed by atoms with Gasteiger partial charge in [-0.25, -0.2) is 0 Å². The van der Waals surface area contributed by atoms with E-state index in [1.54, 1.807) is 11.1 Å². The molecule has 0 atom stereocenters. The Hall–Kier alpha value is -3.98. The van der Waals surface area contributed by atoms with Crippen LogP contribution in [0.3, 0.4) is 0 Å². The van der Waals surface area contributed by atoms with Gasteiger partial charge in [-0.15, -0.1) is 22.7 Å². The van der Waals surface area contributed by atoms with E-state index in [4.69, 9.17) is 0 Å². The highest BCUT2D eigenvalue weighted by atomic mass is 32.1. The minimum atomic E-state index is 1.16. The van der Waals surface area contributed by atoms with Crippen LogP contribution >= 0.6 is 22.7 Å². The van der Waals surface area contributed by atoms with E-state index in [1.807, 2.05) is 22.7 Å². The Bertz CT molecular complexity index is 1820. The molecule has 0 spiro atoms. The molecular formula is C39H32S2. The molecule has 1 aliphatic carbocycles. The first kappa shape index (κ1) is 26.0. The summed E-state index contributed by atoms with van der Waals surface area (Å²) >= 11 is 3.88. The molecule has 0 saturated heterocycles. The highest BCUT2D eigenvalue weighted by molar-refractivity contribution is 7.19. The van der Waals surface area contributed by atoms with E-state index >= 15 is 0 Å². The predicted octanol–water partition coefficient (Wildman–Crippen LogP) is 12.2. The van der Waals surface area contributed by atoms with Gasteiger partial charge in [0.15, 0.2) is 0 Å². The fourth-order valence-electron chi connectivity index (χ4n) is 6.24. The number of fused-ring (bicyclic) bond motifs is 2. The Kier molecular flexibility index (Phi) is 7.04. The van der Waals surface area contributed by atoms with Crippen molar-refractivity contribution >= 4 is 78.3 Å². The van der Waals surface area contributed by atoms with Crippen molar-refractivity contribution < 1.29 is 0 Å². The number of aryl methyl sites for hydroxylation is 2. The van der Waals surface area contributed by atoms with Crippen molar-refractivity contribution in [1.29, 1.82) is 0 Å². The molecule has 7 rings (SSSR count). The van der Waals surface area contributed by atoms with E-state index in [1.165, 1.54) is 69.7 Å². The summed E-state index contributed by atoms with van der Waals surface area (Å²) in [6, 6.07) is 35.1. The molecule has 6 aromatic rings. The summed E-state index contributed by atoms with van der Waals surface area (Å²) < 4.78 is 2.77. The first-order valence-corrected chi connectivity index (χ1v) is 16.0. The normalized spacial score (nSPS) is 14.0. The fourth-order valence-corrected chi connectivity index (χ4v) is 8.52. The molecule has 0 saturated carbocycles. The average Bonchev–Trinajstić information content (AvgIpc) is 3.68. The van der Waals surface area contributed by atoms with Crippen molar-refractivity contribution in [3.63, 3.8) is 0 Å². The molecule has 0 radical (unpaired) electrons. The third-order valence-corrected chi connectivity index (χ3v) is 10.3. The fraction of sp³-hybridized carbons (Fsp3) is 0.128. The lowest BCUT2D eigenvalue weighted by Gasteiger charge is -2.10. The molecular weight excluding hydrogens is 533 g/mol. The maximum absolute atomic E-state index is 2.36. The minimum absolute atomic E-state index is 1.16. The number of allylic oxidation sites excluding steroid dienone is 2. The van der Waals surface area contributed by atoms with Gasteiger partial charge in [0.05, 0.1) is 0 Å². The molecule has 0 aliphatic heterocycles. The zero-order chi connectivity index (χ0) is 27.8. The molecule has 0 unspecified atom stereocenters. The molecule has 0 bridgehead atoms. The second-order valence-electron chi connectivity index (χ2n) is 10.9. The van der Waals surface area contributed by atoms with Gasteiger partial charge in [-0.05, 0) is 89.8 Å². The minimum Gasteiger partial charge on any atom is -0.140 e. The third-order valence-electron chi connectivity index (χ3n) is 8.14. The van der Waals surface area contributed by atoms with Gasteiger partial charge >= 0.3 is 0 Å². The second kappa shape index (κ2) is 11.1. The Morgan fingerprint density at radius 3 is 1.34 bits per heavy atom. The van der Waals surface area contributed by atoms with Crippen LogP contribution in [-0.2, 0) is 0 Å². The topological polar surface area (TPSA) is 0 Å². The lowest BCUT2D eigenvalue weighted by molar-refractivity contribution is 0.942. The Labute approximate surface area is 250 Å². The van der Waals surface area contributed by atoms with Crippen LogP contribution < -0.4 is 0 Å². The summed E-state index contributed by atoms with van der Waals surface area (Å²) in [5.74, 6) is 0. The molecule has 0 nitrogen and oxygen atoms in total. The summed E-state index contributed by atoms with van der Waals surface area (Å²) in [4.78, 5) is 2.87. The lowest BCUT2D eigenvalue weighted by Crippen LogP contribution is -1.89. The zero-order valence-corrected chi connectivity index (χ0v) is 25.1. The summed E-state index contributed by atoms with van der Waals surface area (Å²) in [5.41, 5.74) is 11.1. The molecule has 0 N–H and O–H groups in total. The molecule has 1 aliphatic rings. The first-order valence-electron chi connectivity index (χ1n) is 14.4. The van der Waals surface area contributed by atoms with E-state index in [9.17, 15) is 0 Å². The van der Waals surface area contributed by atoms with Crippen LogP contribution in [0.25, 0.3) is 55.6 Å². The van der Waals surface area contributed by atoms with Crippen molar-refractivity contribution in [1.82, 2.24) is 0 Å². The van der Waals surface area contributed by atoms with Crippen LogP contribution in [0.1, 0.15) is 62.4 Å². The lowest BCUT2D eigenvalue weighted by atomic mass is 9.93. The molecule has 2 heteroatoms. The summed E-state index contributed by atoms with van der Waals surface area (Å²) in [7, 11) is 0. The molecule has 4 aromatic carbocycles. The van der Waals surface area contributed by atoms with Crippen molar-refractivity contribution in [2.75, 3.05) is 0 Å². The van der Waals surface area contributed by atoms with Crippen LogP contribution in [0.4, 0.5) is 0 Å². The monoisotopic (exact) mass is 564 g/mol.